The Hall–Kier alpha value is -3.76. The SMILES string of the molecule is CCOc1ccc(CCNC(=O)Cc2ccc(OC)c(OS(=O)(=O)c3ccccc3)c2CO)cc1OC. The van der Waals surface area contributed by atoms with Crippen LogP contribution in [0.15, 0.2) is 65.6 Å². The van der Waals surface area contributed by atoms with E-state index in [1.165, 1.54) is 25.3 Å². The second kappa shape index (κ2) is 13.0. The van der Waals surface area contributed by atoms with E-state index in [0.717, 1.165) is 5.56 Å². The molecule has 0 heterocycles. The molecule has 0 fully saturated rings. The average Bonchev–Trinajstić information content (AvgIpc) is 2.90. The third kappa shape index (κ3) is 7.14. The number of aliphatic hydroxyl groups is 1. The van der Waals surface area contributed by atoms with Crippen molar-refractivity contribution in [3.8, 4) is 23.0 Å². The van der Waals surface area contributed by atoms with Crippen molar-refractivity contribution in [1.82, 2.24) is 5.32 Å². The molecule has 198 valence electrons. The molecular formula is C27H31NO8S. The van der Waals surface area contributed by atoms with Crippen LogP contribution in [0.5, 0.6) is 23.0 Å². The predicted octanol–water partition coefficient (Wildman–Crippen LogP) is 3.26. The largest absolute Gasteiger partial charge is 0.493 e. The molecule has 0 aliphatic rings. The number of benzene rings is 3. The fourth-order valence-corrected chi connectivity index (χ4v) is 4.70. The highest BCUT2D eigenvalue weighted by Crippen LogP contribution is 2.36. The molecule has 0 aromatic heterocycles. The number of nitrogens with one attached hydrogen (secondary N) is 1. The summed E-state index contributed by atoms with van der Waals surface area (Å²) in [6.45, 7) is 2.24. The topological polar surface area (TPSA) is 120 Å². The van der Waals surface area contributed by atoms with Crippen LogP contribution in [0.4, 0.5) is 0 Å². The third-order valence-corrected chi connectivity index (χ3v) is 6.77. The number of hydrogen-bond donors (Lipinski definition) is 2. The maximum Gasteiger partial charge on any atom is 0.339 e. The molecule has 3 rings (SSSR count). The van der Waals surface area contributed by atoms with Crippen molar-refractivity contribution < 1.29 is 36.7 Å². The van der Waals surface area contributed by atoms with Crippen molar-refractivity contribution in [2.24, 2.45) is 0 Å². The first-order valence-corrected chi connectivity index (χ1v) is 13.1. The Balaban J connectivity index is 1.71. The molecule has 3 aromatic carbocycles. The van der Waals surface area contributed by atoms with E-state index >= 15 is 0 Å². The number of hydrogen-bond acceptors (Lipinski definition) is 8. The van der Waals surface area contributed by atoms with Crippen molar-refractivity contribution in [3.05, 3.63) is 77.4 Å². The lowest BCUT2D eigenvalue weighted by atomic mass is 10.0. The molecule has 2 N–H and O–H groups in total. The third-order valence-electron chi connectivity index (χ3n) is 5.54. The lowest BCUT2D eigenvalue weighted by molar-refractivity contribution is -0.120. The van der Waals surface area contributed by atoms with Gasteiger partial charge in [-0.25, -0.2) is 0 Å². The molecule has 0 aliphatic heterocycles. The molecule has 0 bridgehead atoms. The number of rotatable bonds is 13. The van der Waals surface area contributed by atoms with Crippen LogP contribution in [-0.4, -0.2) is 46.8 Å². The normalized spacial score (nSPS) is 11.0. The second-order valence-electron chi connectivity index (χ2n) is 7.94. The van der Waals surface area contributed by atoms with Crippen LogP contribution in [0.3, 0.4) is 0 Å². The second-order valence-corrected chi connectivity index (χ2v) is 9.48. The molecule has 0 unspecified atom stereocenters. The summed E-state index contributed by atoms with van der Waals surface area (Å²) in [5.41, 5.74) is 1.54. The van der Waals surface area contributed by atoms with Gasteiger partial charge in [0.25, 0.3) is 0 Å². The summed E-state index contributed by atoms with van der Waals surface area (Å²) in [7, 11) is -1.26. The Bertz CT molecular complexity index is 1310. The van der Waals surface area contributed by atoms with Crippen molar-refractivity contribution >= 4 is 16.0 Å². The smallest absolute Gasteiger partial charge is 0.339 e. The van der Waals surface area contributed by atoms with Crippen molar-refractivity contribution in [2.45, 2.75) is 31.3 Å². The summed E-state index contributed by atoms with van der Waals surface area (Å²) in [6.07, 6.45) is 0.474. The van der Waals surface area contributed by atoms with E-state index in [1.54, 1.807) is 31.4 Å². The zero-order chi connectivity index (χ0) is 26.8. The van der Waals surface area contributed by atoms with E-state index < -0.39 is 16.7 Å². The van der Waals surface area contributed by atoms with Gasteiger partial charge in [0.15, 0.2) is 23.0 Å². The zero-order valence-corrected chi connectivity index (χ0v) is 21.8. The van der Waals surface area contributed by atoms with Crippen LogP contribution in [-0.2, 0) is 34.4 Å². The van der Waals surface area contributed by atoms with Crippen LogP contribution >= 0.6 is 0 Å². The zero-order valence-electron chi connectivity index (χ0n) is 21.0. The highest BCUT2D eigenvalue weighted by molar-refractivity contribution is 7.87. The Morgan fingerprint density at radius 2 is 1.65 bits per heavy atom. The van der Waals surface area contributed by atoms with Gasteiger partial charge in [-0.2, -0.15) is 8.42 Å². The number of amides is 1. The number of ether oxygens (including phenoxy) is 3. The molecule has 0 spiro atoms. The van der Waals surface area contributed by atoms with Gasteiger partial charge < -0.3 is 28.8 Å². The Kier molecular flexibility index (Phi) is 9.76. The summed E-state index contributed by atoms with van der Waals surface area (Å²) >= 11 is 0. The Morgan fingerprint density at radius 3 is 2.30 bits per heavy atom. The highest BCUT2D eigenvalue weighted by Gasteiger charge is 2.24. The summed E-state index contributed by atoms with van der Waals surface area (Å²) in [4.78, 5) is 12.6. The molecule has 9 nitrogen and oxygen atoms in total. The minimum atomic E-state index is -4.19. The fourth-order valence-electron chi connectivity index (χ4n) is 3.71. The van der Waals surface area contributed by atoms with Crippen molar-refractivity contribution in [3.63, 3.8) is 0 Å². The maximum atomic E-state index is 12.8. The van der Waals surface area contributed by atoms with Crippen LogP contribution in [0, 0.1) is 0 Å². The number of carbonyl (C=O) groups is 1. The van der Waals surface area contributed by atoms with E-state index in [4.69, 9.17) is 18.4 Å². The lowest BCUT2D eigenvalue weighted by Gasteiger charge is -2.17. The van der Waals surface area contributed by atoms with Gasteiger partial charge in [0.1, 0.15) is 4.90 Å². The first-order chi connectivity index (χ1) is 17.8. The van der Waals surface area contributed by atoms with E-state index in [1.807, 2.05) is 25.1 Å². The van der Waals surface area contributed by atoms with Gasteiger partial charge in [0, 0.05) is 12.1 Å². The molecule has 0 radical (unpaired) electrons. The molecule has 3 aromatic rings. The summed E-state index contributed by atoms with van der Waals surface area (Å²) in [6, 6.07) is 16.3. The van der Waals surface area contributed by atoms with Gasteiger partial charge in [0.2, 0.25) is 5.91 Å². The van der Waals surface area contributed by atoms with Gasteiger partial charge in [-0.3, -0.25) is 4.79 Å². The van der Waals surface area contributed by atoms with Gasteiger partial charge in [0.05, 0.1) is 33.9 Å². The summed E-state index contributed by atoms with van der Waals surface area (Å²) in [5.74, 6) is 0.947. The molecule has 10 heteroatoms. The quantitative estimate of drug-likeness (QED) is 0.324. The van der Waals surface area contributed by atoms with Gasteiger partial charge in [-0.1, -0.05) is 30.3 Å². The monoisotopic (exact) mass is 529 g/mol. The average molecular weight is 530 g/mol. The van der Waals surface area contributed by atoms with Crippen molar-refractivity contribution in [2.75, 3.05) is 27.4 Å². The minimum absolute atomic E-state index is 0.0463. The summed E-state index contributed by atoms with van der Waals surface area (Å²) < 4.78 is 47.1. The Morgan fingerprint density at radius 1 is 0.946 bits per heavy atom. The molecular weight excluding hydrogens is 498 g/mol. The maximum absolute atomic E-state index is 12.8. The van der Waals surface area contributed by atoms with Gasteiger partial charge in [-0.05, 0) is 54.8 Å². The fraction of sp³-hybridized carbons (Fsp3) is 0.296. The molecule has 0 saturated heterocycles. The number of carbonyl (C=O) groups excluding carboxylic acids is 1. The number of aliphatic hydroxyl groups excluding tert-OH is 1. The van der Waals surface area contributed by atoms with E-state index in [-0.39, 0.29) is 34.3 Å². The van der Waals surface area contributed by atoms with Crippen molar-refractivity contribution in [1.29, 1.82) is 0 Å². The van der Waals surface area contributed by atoms with Gasteiger partial charge in [-0.15, -0.1) is 0 Å². The first-order valence-electron chi connectivity index (χ1n) is 11.7. The molecule has 37 heavy (non-hydrogen) atoms. The molecule has 1 amide bonds. The highest BCUT2D eigenvalue weighted by atomic mass is 32.2. The van der Waals surface area contributed by atoms with Crippen LogP contribution in [0.1, 0.15) is 23.6 Å². The van der Waals surface area contributed by atoms with Crippen LogP contribution < -0.4 is 23.7 Å². The molecule has 0 atom stereocenters. The molecule has 0 saturated carbocycles. The van der Waals surface area contributed by atoms with Crippen LogP contribution in [0.25, 0.3) is 0 Å². The summed E-state index contributed by atoms with van der Waals surface area (Å²) in [5, 5.41) is 12.9. The van der Waals surface area contributed by atoms with E-state index in [2.05, 4.69) is 5.32 Å². The van der Waals surface area contributed by atoms with Crippen LogP contribution in [0.2, 0.25) is 0 Å². The number of methoxy groups -OCH3 is 2. The first kappa shape index (κ1) is 27.8. The predicted molar refractivity (Wildman–Crippen MR) is 138 cm³/mol. The lowest BCUT2D eigenvalue weighted by Crippen LogP contribution is -2.27. The van der Waals surface area contributed by atoms with Gasteiger partial charge >= 0.3 is 10.1 Å². The Labute approximate surface area is 217 Å². The van der Waals surface area contributed by atoms with E-state index in [9.17, 15) is 18.3 Å². The van der Waals surface area contributed by atoms with E-state index in [0.29, 0.717) is 36.6 Å². The minimum Gasteiger partial charge on any atom is -0.493 e. The molecule has 0 aliphatic carbocycles. The standard InChI is InChI=1S/C27H31NO8S/c1-4-35-23-12-10-19(16-25(23)34-3)14-15-28-26(30)17-20-11-13-24(33-2)27(22(20)18-29)36-37(31,32)21-8-6-5-7-9-21/h5-13,16,29H,4,14-15,17-18H2,1-3H3,(H,28,30).